The first-order chi connectivity index (χ1) is 12.5. The maximum absolute atomic E-state index is 13.2. The highest BCUT2D eigenvalue weighted by Gasteiger charge is 2.60. The molecular formula is C20H18O6. The van der Waals surface area contributed by atoms with Gasteiger partial charge in [0.1, 0.15) is 11.7 Å². The number of esters is 2. The van der Waals surface area contributed by atoms with E-state index in [2.05, 4.69) is 0 Å². The first-order valence-electron chi connectivity index (χ1n) is 8.44. The Balaban J connectivity index is 1.84. The minimum absolute atomic E-state index is 0.0806. The highest BCUT2D eigenvalue weighted by molar-refractivity contribution is 6.08. The van der Waals surface area contributed by atoms with Crippen LogP contribution in [0.1, 0.15) is 22.3 Å². The normalized spacial score (nSPS) is 28.9. The third-order valence-corrected chi connectivity index (χ3v) is 5.40. The van der Waals surface area contributed by atoms with Crippen molar-refractivity contribution in [3.8, 4) is 0 Å². The van der Waals surface area contributed by atoms with Gasteiger partial charge in [-0.2, -0.15) is 0 Å². The minimum Gasteiger partial charge on any atom is -0.466 e. The van der Waals surface area contributed by atoms with Crippen LogP contribution in [0.5, 0.6) is 0 Å². The van der Waals surface area contributed by atoms with E-state index < -0.39 is 29.6 Å². The van der Waals surface area contributed by atoms with Gasteiger partial charge in [-0.25, -0.2) is 9.59 Å². The Labute approximate surface area is 150 Å². The van der Waals surface area contributed by atoms with Gasteiger partial charge in [0.2, 0.25) is 0 Å². The summed E-state index contributed by atoms with van der Waals surface area (Å²) in [6, 6.07) is 7.43. The number of ether oxygens (including phenoxy) is 3. The average molecular weight is 354 g/mol. The molecule has 0 aromatic heterocycles. The van der Waals surface area contributed by atoms with E-state index in [1.165, 1.54) is 14.2 Å². The molecule has 2 aliphatic heterocycles. The van der Waals surface area contributed by atoms with Crippen LogP contribution in [0, 0.1) is 5.92 Å². The summed E-state index contributed by atoms with van der Waals surface area (Å²) in [6.07, 6.45) is 3.92. The predicted octanol–water partition coefficient (Wildman–Crippen LogP) is 1.78. The van der Waals surface area contributed by atoms with Gasteiger partial charge in [0.25, 0.3) is 0 Å². The lowest BCUT2D eigenvalue weighted by Crippen LogP contribution is -2.46. The molecule has 134 valence electrons. The number of fused-ring (bicyclic) bond motifs is 3. The van der Waals surface area contributed by atoms with Gasteiger partial charge in [-0.3, -0.25) is 4.79 Å². The van der Waals surface area contributed by atoms with Crippen LogP contribution in [0.4, 0.5) is 0 Å². The van der Waals surface area contributed by atoms with Crippen molar-refractivity contribution in [1.29, 1.82) is 0 Å². The van der Waals surface area contributed by atoms with E-state index >= 15 is 0 Å². The Hall–Kier alpha value is -2.73. The molecule has 0 N–H and O–H groups in total. The largest absolute Gasteiger partial charge is 0.466 e. The average Bonchev–Trinajstić information content (AvgIpc) is 3.24. The zero-order valence-electron chi connectivity index (χ0n) is 14.5. The Bertz CT molecular complexity index is 880. The van der Waals surface area contributed by atoms with Crippen molar-refractivity contribution in [3.05, 3.63) is 58.7 Å². The highest BCUT2D eigenvalue weighted by Crippen LogP contribution is 2.51. The number of carbonyl (C=O) groups excluding carboxylic acids is 3. The fourth-order valence-corrected chi connectivity index (χ4v) is 4.25. The molecule has 1 aliphatic carbocycles. The van der Waals surface area contributed by atoms with Crippen LogP contribution in [0.2, 0.25) is 0 Å². The van der Waals surface area contributed by atoms with E-state index in [-0.39, 0.29) is 16.9 Å². The van der Waals surface area contributed by atoms with E-state index in [4.69, 9.17) is 14.2 Å². The number of hydrogen-bond donors (Lipinski definition) is 0. The fraction of sp³-hybridized carbons (Fsp3) is 0.350. The molecule has 0 saturated heterocycles. The third kappa shape index (κ3) is 2.12. The summed E-state index contributed by atoms with van der Waals surface area (Å²) in [7, 11) is 2.49. The van der Waals surface area contributed by atoms with Crippen LogP contribution >= 0.6 is 0 Å². The van der Waals surface area contributed by atoms with E-state index in [1.54, 1.807) is 18.2 Å². The van der Waals surface area contributed by atoms with Crippen molar-refractivity contribution in [2.24, 2.45) is 5.92 Å². The second-order valence-electron chi connectivity index (χ2n) is 6.58. The molecule has 2 heterocycles. The molecule has 3 aliphatic rings. The topological polar surface area (TPSA) is 78.9 Å². The maximum Gasteiger partial charge on any atom is 0.337 e. The lowest BCUT2D eigenvalue weighted by molar-refractivity contribution is -0.139. The summed E-state index contributed by atoms with van der Waals surface area (Å²) in [5.74, 6) is -2.02. The molecule has 1 aromatic carbocycles. The van der Waals surface area contributed by atoms with Gasteiger partial charge in [-0.15, -0.1) is 0 Å². The SMILES string of the molecule is COC(=O)C1=C(C(=O)OC)C2(C3CCc4ccccc4C3=O)C=CC1O2. The quantitative estimate of drug-likeness (QED) is 0.608. The van der Waals surface area contributed by atoms with Crippen LogP contribution < -0.4 is 0 Å². The van der Waals surface area contributed by atoms with Gasteiger partial charge >= 0.3 is 11.9 Å². The summed E-state index contributed by atoms with van der Waals surface area (Å²) in [4.78, 5) is 38.0. The number of rotatable bonds is 3. The zero-order valence-corrected chi connectivity index (χ0v) is 14.5. The lowest BCUT2D eigenvalue weighted by atomic mass is 9.69. The molecule has 0 spiro atoms. The Kier molecular flexibility index (Phi) is 3.80. The molecular weight excluding hydrogens is 336 g/mol. The first kappa shape index (κ1) is 16.7. The molecule has 2 bridgehead atoms. The van der Waals surface area contributed by atoms with E-state index in [9.17, 15) is 14.4 Å². The second-order valence-corrected chi connectivity index (χ2v) is 6.58. The van der Waals surface area contributed by atoms with Gasteiger partial charge < -0.3 is 14.2 Å². The predicted molar refractivity (Wildman–Crippen MR) is 90.4 cm³/mol. The Morgan fingerprint density at radius 1 is 1.15 bits per heavy atom. The third-order valence-electron chi connectivity index (χ3n) is 5.40. The summed E-state index contributed by atoms with van der Waals surface area (Å²) >= 11 is 0. The summed E-state index contributed by atoms with van der Waals surface area (Å²) in [5.41, 5.74) is 0.532. The van der Waals surface area contributed by atoms with Crippen molar-refractivity contribution in [2.75, 3.05) is 14.2 Å². The van der Waals surface area contributed by atoms with Crippen molar-refractivity contribution < 1.29 is 28.6 Å². The Morgan fingerprint density at radius 3 is 2.62 bits per heavy atom. The van der Waals surface area contributed by atoms with Crippen molar-refractivity contribution in [1.82, 2.24) is 0 Å². The molecule has 0 amide bonds. The molecule has 6 heteroatoms. The van der Waals surface area contributed by atoms with Gasteiger partial charge in [-0.05, 0) is 24.5 Å². The van der Waals surface area contributed by atoms with Crippen molar-refractivity contribution in [3.63, 3.8) is 0 Å². The van der Waals surface area contributed by atoms with Gasteiger partial charge in [0.05, 0.1) is 31.3 Å². The molecule has 1 aromatic rings. The standard InChI is InChI=1S/C20H18O6/c1-24-18(22)15-14-9-10-20(26-14,16(15)19(23)25-2)13-8-7-11-5-3-4-6-12(11)17(13)21/h3-6,9-10,13-14H,7-8H2,1-2H3. The second kappa shape index (κ2) is 5.92. The van der Waals surface area contributed by atoms with Crippen molar-refractivity contribution >= 4 is 17.7 Å². The van der Waals surface area contributed by atoms with Gasteiger partial charge in [0.15, 0.2) is 5.78 Å². The van der Waals surface area contributed by atoms with Gasteiger partial charge in [-0.1, -0.05) is 30.3 Å². The lowest BCUT2D eigenvalue weighted by Gasteiger charge is -2.36. The molecule has 3 unspecified atom stereocenters. The Morgan fingerprint density at radius 2 is 1.88 bits per heavy atom. The first-order valence-corrected chi connectivity index (χ1v) is 8.44. The maximum atomic E-state index is 13.2. The number of methoxy groups -OCH3 is 2. The number of ketones is 1. The summed E-state index contributed by atoms with van der Waals surface area (Å²) < 4.78 is 15.8. The number of Topliss-reactive ketones (excluding diaryl/α,β-unsaturated/α-hetero) is 1. The zero-order chi connectivity index (χ0) is 18.5. The van der Waals surface area contributed by atoms with E-state index in [1.807, 2.05) is 18.2 Å². The van der Waals surface area contributed by atoms with Gasteiger partial charge in [0, 0.05) is 5.56 Å². The van der Waals surface area contributed by atoms with E-state index in [0.29, 0.717) is 18.4 Å². The van der Waals surface area contributed by atoms with Crippen LogP contribution in [0.3, 0.4) is 0 Å². The molecule has 26 heavy (non-hydrogen) atoms. The number of hydrogen-bond acceptors (Lipinski definition) is 6. The van der Waals surface area contributed by atoms with E-state index in [0.717, 1.165) is 5.56 Å². The minimum atomic E-state index is -1.29. The summed E-state index contributed by atoms with van der Waals surface area (Å²) in [5, 5.41) is 0. The van der Waals surface area contributed by atoms with Crippen LogP contribution in [0.15, 0.2) is 47.6 Å². The van der Waals surface area contributed by atoms with Crippen LogP contribution in [0.25, 0.3) is 0 Å². The highest BCUT2D eigenvalue weighted by atomic mass is 16.6. The van der Waals surface area contributed by atoms with Crippen LogP contribution in [-0.4, -0.2) is 43.6 Å². The smallest absolute Gasteiger partial charge is 0.337 e. The van der Waals surface area contributed by atoms with Crippen molar-refractivity contribution in [2.45, 2.75) is 24.5 Å². The number of aryl methyl sites for hydroxylation is 1. The molecule has 3 atom stereocenters. The fourth-order valence-electron chi connectivity index (χ4n) is 4.25. The summed E-state index contributed by atoms with van der Waals surface area (Å²) in [6.45, 7) is 0. The molecule has 0 radical (unpaired) electrons. The number of carbonyl (C=O) groups is 3. The molecule has 0 fully saturated rings. The molecule has 4 rings (SSSR count). The number of benzene rings is 1. The molecule has 6 nitrogen and oxygen atoms in total. The monoisotopic (exact) mass is 354 g/mol. The van der Waals surface area contributed by atoms with Crippen LogP contribution in [-0.2, 0) is 30.2 Å². The molecule has 0 saturated carbocycles.